The lowest BCUT2D eigenvalue weighted by molar-refractivity contribution is 0.138. The molecule has 0 aliphatic carbocycles. The van der Waals surface area contributed by atoms with Gasteiger partial charge in [-0.1, -0.05) is 0 Å². The van der Waals surface area contributed by atoms with E-state index in [0.29, 0.717) is 0 Å². The molecular weight excluding hydrogens is 242 g/mol. The molecule has 5 nitrogen and oxygen atoms in total. The smallest absolute Gasteiger partial charge is 0.243 e. The van der Waals surface area contributed by atoms with Gasteiger partial charge in [0.2, 0.25) is 10.0 Å². The van der Waals surface area contributed by atoms with Crippen LogP contribution in [0.1, 0.15) is 13.8 Å². The third-order valence-corrected chi connectivity index (χ3v) is 4.82. The number of phenols is 1. The van der Waals surface area contributed by atoms with Crippen LogP contribution in [-0.4, -0.2) is 42.1 Å². The van der Waals surface area contributed by atoms with Crippen molar-refractivity contribution in [1.29, 1.82) is 0 Å². The second kappa shape index (κ2) is 4.64. The molecule has 0 aliphatic rings. The predicted molar refractivity (Wildman–Crippen MR) is 64.2 cm³/mol. The highest BCUT2D eigenvalue weighted by molar-refractivity contribution is 7.89. The first kappa shape index (κ1) is 14.0. The molecule has 0 saturated heterocycles. The molecule has 0 bridgehead atoms. The minimum Gasteiger partial charge on any atom is -0.508 e. The van der Waals surface area contributed by atoms with Crippen LogP contribution in [0.5, 0.6) is 5.75 Å². The number of benzene rings is 1. The molecule has 0 aromatic heterocycles. The summed E-state index contributed by atoms with van der Waals surface area (Å²) in [7, 11) is -2.25. The van der Waals surface area contributed by atoms with Gasteiger partial charge in [-0.2, -0.15) is 4.31 Å². The molecule has 0 heterocycles. The first-order chi connectivity index (χ1) is 7.71. The van der Waals surface area contributed by atoms with Crippen molar-refractivity contribution in [2.45, 2.75) is 24.3 Å². The quantitative estimate of drug-likeness (QED) is 0.837. The average Bonchev–Trinajstić information content (AvgIpc) is 2.28. The fraction of sp³-hybridized carbons (Fsp3) is 0.455. The summed E-state index contributed by atoms with van der Waals surface area (Å²) < 4.78 is 25.5. The van der Waals surface area contributed by atoms with Crippen LogP contribution in [-0.2, 0) is 10.0 Å². The molecule has 0 aliphatic heterocycles. The molecule has 0 saturated carbocycles. The molecule has 1 aromatic carbocycles. The highest BCUT2D eigenvalue weighted by Crippen LogP contribution is 2.23. The van der Waals surface area contributed by atoms with Crippen molar-refractivity contribution < 1.29 is 18.6 Å². The minimum atomic E-state index is -3.66. The van der Waals surface area contributed by atoms with E-state index in [-0.39, 0.29) is 17.3 Å². The maximum Gasteiger partial charge on any atom is 0.243 e. The number of rotatable bonds is 4. The van der Waals surface area contributed by atoms with Gasteiger partial charge in [0.05, 0.1) is 17.0 Å². The molecule has 0 unspecified atom stereocenters. The summed E-state index contributed by atoms with van der Waals surface area (Å²) in [5.41, 5.74) is -0.878. The van der Waals surface area contributed by atoms with Gasteiger partial charge in [-0.05, 0) is 38.1 Å². The molecule has 0 spiro atoms. The van der Waals surface area contributed by atoms with Gasteiger partial charge in [0, 0.05) is 7.05 Å². The Bertz CT molecular complexity index is 479. The zero-order valence-electron chi connectivity index (χ0n) is 10.1. The molecular formula is C11H17NO4S. The van der Waals surface area contributed by atoms with E-state index in [4.69, 9.17) is 5.11 Å². The van der Waals surface area contributed by atoms with Gasteiger partial charge in [-0.25, -0.2) is 8.42 Å². The first-order valence-corrected chi connectivity index (χ1v) is 6.55. The summed E-state index contributed by atoms with van der Waals surface area (Å²) in [5, 5.41) is 18.3. The van der Waals surface area contributed by atoms with Crippen LogP contribution >= 0.6 is 0 Å². The van der Waals surface area contributed by atoms with Crippen LogP contribution in [0.2, 0.25) is 0 Å². The third-order valence-electron chi connectivity index (χ3n) is 2.73. The van der Waals surface area contributed by atoms with E-state index in [1.165, 1.54) is 31.3 Å². The summed E-state index contributed by atoms with van der Waals surface area (Å²) in [5.74, 6) is 0.00743. The highest BCUT2D eigenvalue weighted by atomic mass is 32.2. The van der Waals surface area contributed by atoms with E-state index in [1.807, 2.05) is 0 Å². The van der Waals surface area contributed by atoms with E-state index < -0.39 is 15.6 Å². The lowest BCUT2D eigenvalue weighted by Gasteiger charge is -2.32. The Morgan fingerprint density at radius 2 is 1.71 bits per heavy atom. The molecule has 96 valence electrons. The second-order valence-corrected chi connectivity index (χ2v) is 6.41. The zero-order valence-corrected chi connectivity index (χ0v) is 10.9. The Labute approximate surface area is 101 Å². The fourth-order valence-electron chi connectivity index (χ4n) is 1.20. The van der Waals surface area contributed by atoms with Crippen molar-refractivity contribution in [2.75, 3.05) is 13.7 Å². The van der Waals surface area contributed by atoms with Gasteiger partial charge in [-0.3, -0.25) is 0 Å². The zero-order chi connectivity index (χ0) is 13.3. The van der Waals surface area contributed by atoms with Crippen molar-refractivity contribution >= 4 is 10.0 Å². The van der Waals surface area contributed by atoms with Gasteiger partial charge in [0.15, 0.2) is 0 Å². The van der Waals surface area contributed by atoms with Crippen molar-refractivity contribution in [3.63, 3.8) is 0 Å². The summed E-state index contributed by atoms with van der Waals surface area (Å²) in [6.45, 7) is 2.98. The van der Waals surface area contributed by atoms with Crippen molar-refractivity contribution in [3.8, 4) is 5.75 Å². The largest absolute Gasteiger partial charge is 0.508 e. The molecule has 0 amide bonds. The van der Waals surface area contributed by atoms with Gasteiger partial charge in [0.1, 0.15) is 5.75 Å². The SMILES string of the molecule is CN(C(C)(C)CO)S(=O)(=O)c1ccc(O)cc1. The lowest BCUT2D eigenvalue weighted by Crippen LogP contribution is -2.47. The number of hydrogen-bond donors (Lipinski definition) is 2. The predicted octanol–water partition coefficient (Wildman–Crippen LogP) is 0.784. The summed E-state index contributed by atoms with van der Waals surface area (Å²) in [6, 6.07) is 5.28. The van der Waals surface area contributed by atoms with Gasteiger partial charge in [-0.15, -0.1) is 0 Å². The minimum absolute atomic E-state index is 0.00743. The molecule has 6 heteroatoms. The van der Waals surface area contributed by atoms with E-state index in [9.17, 15) is 13.5 Å². The van der Waals surface area contributed by atoms with Crippen molar-refractivity contribution in [1.82, 2.24) is 4.31 Å². The van der Waals surface area contributed by atoms with Crippen LogP contribution in [0, 0.1) is 0 Å². The molecule has 1 rings (SSSR count). The number of phenolic OH excluding ortho intramolecular Hbond substituents is 1. The number of aromatic hydroxyl groups is 1. The molecule has 1 aromatic rings. The summed E-state index contributed by atoms with van der Waals surface area (Å²) >= 11 is 0. The maximum atomic E-state index is 12.2. The van der Waals surface area contributed by atoms with Gasteiger partial charge < -0.3 is 10.2 Å². The van der Waals surface area contributed by atoms with Crippen LogP contribution in [0.4, 0.5) is 0 Å². The number of aliphatic hydroxyl groups excluding tert-OH is 1. The third kappa shape index (κ3) is 2.77. The number of hydrogen-bond acceptors (Lipinski definition) is 4. The Kier molecular flexibility index (Phi) is 3.81. The van der Waals surface area contributed by atoms with Crippen molar-refractivity contribution in [3.05, 3.63) is 24.3 Å². The molecule has 17 heavy (non-hydrogen) atoms. The number of sulfonamides is 1. The van der Waals surface area contributed by atoms with E-state index in [1.54, 1.807) is 13.8 Å². The Hall–Kier alpha value is -1.11. The lowest BCUT2D eigenvalue weighted by atomic mass is 10.1. The summed E-state index contributed by atoms with van der Waals surface area (Å²) in [4.78, 5) is 0.0827. The Morgan fingerprint density at radius 1 is 1.24 bits per heavy atom. The highest BCUT2D eigenvalue weighted by Gasteiger charge is 2.33. The Morgan fingerprint density at radius 3 is 2.12 bits per heavy atom. The topological polar surface area (TPSA) is 77.8 Å². The van der Waals surface area contributed by atoms with Gasteiger partial charge in [0.25, 0.3) is 0 Å². The second-order valence-electron chi connectivity index (χ2n) is 4.44. The number of nitrogens with zero attached hydrogens (tertiary/aromatic N) is 1. The normalized spacial score (nSPS) is 13.0. The first-order valence-electron chi connectivity index (χ1n) is 5.11. The monoisotopic (exact) mass is 259 g/mol. The number of likely N-dealkylation sites (N-methyl/N-ethyl adjacent to an activating group) is 1. The number of aliphatic hydroxyl groups is 1. The standard InChI is InChI=1S/C11H17NO4S/c1-11(2,8-13)12(3)17(15,16)10-6-4-9(14)5-7-10/h4-7,13-14H,8H2,1-3H3. The molecule has 2 N–H and O–H groups in total. The van der Waals surface area contributed by atoms with Crippen LogP contribution in [0.25, 0.3) is 0 Å². The van der Waals surface area contributed by atoms with Crippen LogP contribution < -0.4 is 0 Å². The van der Waals surface area contributed by atoms with Gasteiger partial charge >= 0.3 is 0 Å². The molecule has 0 radical (unpaired) electrons. The maximum absolute atomic E-state index is 12.2. The molecule has 0 atom stereocenters. The van der Waals surface area contributed by atoms with Crippen molar-refractivity contribution in [2.24, 2.45) is 0 Å². The Balaban J connectivity index is 3.16. The van der Waals surface area contributed by atoms with Crippen LogP contribution in [0.3, 0.4) is 0 Å². The van der Waals surface area contributed by atoms with E-state index in [0.717, 1.165) is 4.31 Å². The fourth-order valence-corrected chi connectivity index (χ4v) is 2.71. The van der Waals surface area contributed by atoms with E-state index >= 15 is 0 Å². The molecule has 0 fully saturated rings. The summed E-state index contributed by atoms with van der Waals surface area (Å²) in [6.07, 6.45) is 0. The average molecular weight is 259 g/mol. The van der Waals surface area contributed by atoms with E-state index in [2.05, 4.69) is 0 Å². The van der Waals surface area contributed by atoms with Crippen LogP contribution in [0.15, 0.2) is 29.2 Å².